The monoisotopic (exact) mass is 328 g/mol. The summed E-state index contributed by atoms with van der Waals surface area (Å²) >= 11 is 5.23. The van der Waals surface area contributed by atoms with E-state index in [1.165, 1.54) is 0 Å². The van der Waals surface area contributed by atoms with E-state index in [1.807, 2.05) is 18.2 Å². The highest BCUT2D eigenvalue weighted by Crippen LogP contribution is 2.30. The summed E-state index contributed by atoms with van der Waals surface area (Å²) in [4.78, 5) is 4.66. The van der Waals surface area contributed by atoms with Crippen LogP contribution in [0.5, 0.6) is 5.75 Å². The fourth-order valence-corrected chi connectivity index (χ4v) is 3.14. The zero-order valence-corrected chi connectivity index (χ0v) is 13.1. The lowest BCUT2D eigenvalue weighted by atomic mass is 10.1. The Morgan fingerprint density at radius 1 is 1.44 bits per heavy atom. The van der Waals surface area contributed by atoms with Crippen molar-refractivity contribution in [2.45, 2.75) is 19.9 Å². The SMILES string of the molecule is COc1ccc(Br)cc1NC1=NC(C)C(C)CS1. The molecule has 0 saturated heterocycles. The van der Waals surface area contributed by atoms with Gasteiger partial charge in [0.25, 0.3) is 0 Å². The van der Waals surface area contributed by atoms with E-state index in [9.17, 15) is 0 Å². The number of methoxy groups -OCH3 is 1. The van der Waals surface area contributed by atoms with E-state index in [0.29, 0.717) is 12.0 Å². The van der Waals surface area contributed by atoms with Gasteiger partial charge in [-0.25, -0.2) is 0 Å². The molecule has 1 aliphatic rings. The quantitative estimate of drug-likeness (QED) is 0.890. The van der Waals surface area contributed by atoms with Crippen LogP contribution in [0.2, 0.25) is 0 Å². The van der Waals surface area contributed by atoms with E-state index in [-0.39, 0.29) is 0 Å². The van der Waals surface area contributed by atoms with E-state index in [1.54, 1.807) is 18.9 Å². The van der Waals surface area contributed by atoms with Crippen LogP contribution in [0.15, 0.2) is 27.7 Å². The Hall–Kier alpha value is -0.680. The second kappa shape index (κ2) is 5.97. The molecule has 2 unspecified atom stereocenters. The van der Waals surface area contributed by atoms with Gasteiger partial charge in [-0.3, -0.25) is 4.99 Å². The Kier molecular flexibility index (Phi) is 4.56. The van der Waals surface area contributed by atoms with Gasteiger partial charge in [0.1, 0.15) is 5.75 Å². The van der Waals surface area contributed by atoms with Gasteiger partial charge in [-0.2, -0.15) is 0 Å². The Morgan fingerprint density at radius 2 is 2.22 bits per heavy atom. The zero-order valence-electron chi connectivity index (χ0n) is 10.7. The van der Waals surface area contributed by atoms with Crippen molar-refractivity contribution in [1.82, 2.24) is 0 Å². The molecule has 0 spiro atoms. The first-order chi connectivity index (χ1) is 8.60. The first-order valence-electron chi connectivity index (χ1n) is 5.91. The van der Waals surface area contributed by atoms with Crippen molar-refractivity contribution in [3.63, 3.8) is 0 Å². The maximum Gasteiger partial charge on any atom is 0.161 e. The highest BCUT2D eigenvalue weighted by atomic mass is 79.9. The molecule has 98 valence electrons. The summed E-state index contributed by atoms with van der Waals surface area (Å²) in [7, 11) is 1.68. The lowest BCUT2D eigenvalue weighted by Crippen LogP contribution is -2.25. The number of rotatable bonds is 2. The molecule has 0 bridgehead atoms. The van der Waals surface area contributed by atoms with Crippen molar-refractivity contribution in [2.75, 3.05) is 18.2 Å². The van der Waals surface area contributed by atoms with Crippen LogP contribution in [-0.2, 0) is 0 Å². The van der Waals surface area contributed by atoms with Gasteiger partial charge >= 0.3 is 0 Å². The van der Waals surface area contributed by atoms with Gasteiger partial charge in [0.2, 0.25) is 0 Å². The molecule has 0 aromatic heterocycles. The van der Waals surface area contributed by atoms with E-state index >= 15 is 0 Å². The minimum Gasteiger partial charge on any atom is -0.495 e. The van der Waals surface area contributed by atoms with Crippen LogP contribution >= 0.6 is 27.7 Å². The third-order valence-electron chi connectivity index (χ3n) is 3.03. The fraction of sp³-hybridized carbons (Fsp3) is 0.462. The minimum atomic E-state index is 0.367. The van der Waals surface area contributed by atoms with Gasteiger partial charge in [-0.1, -0.05) is 34.6 Å². The highest BCUT2D eigenvalue weighted by Gasteiger charge is 2.19. The van der Waals surface area contributed by atoms with Crippen LogP contribution in [0.25, 0.3) is 0 Å². The van der Waals surface area contributed by atoms with Gasteiger partial charge in [0.15, 0.2) is 5.17 Å². The van der Waals surface area contributed by atoms with Crippen molar-refractivity contribution < 1.29 is 4.74 Å². The third kappa shape index (κ3) is 3.20. The Labute approximate surface area is 121 Å². The maximum atomic E-state index is 5.34. The summed E-state index contributed by atoms with van der Waals surface area (Å²) in [5, 5.41) is 4.32. The molecular formula is C13H17BrN2OS. The van der Waals surface area contributed by atoms with Crippen molar-refractivity contribution in [3.05, 3.63) is 22.7 Å². The summed E-state index contributed by atoms with van der Waals surface area (Å²) < 4.78 is 6.36. The van der Waals surface area contributed by atoms with Crippen LogP contribution in [0.3, 0.4) is 0 Å². The van der Waals surface area contributed by atoms with Crippen LogP contribution in [0, 0.1) is 5.92 Å². The number of amidine groups is 1. The van der Waals surface area contributed by atoms with Gasteiger partial charge in [-0.05, 0) is 31.0 Å². The smallest absolute Gasteiger partial charge is 0.161 e. The molecule has 0 amide bonds. The summed E-state index contributed by atoms with van der Waals surface area (Å²) in [5.41, 5.74) is 0.944. The number of nitrogens with one attached hydrogen (secondary N) is 1. The molecule has 1 aliphatic heterocycles. The molecule has 18 heavy (non-hydrogen) atoms. The predicted molar refractivity (Wildman–Crippen MR) is 82.8 cm³/mol. The molecule has 0 radical (unpaired) electrons. The number of nitrogens with zero attached hydrogens (tertiary/aromatic N) is 1. The number of hydrogen-bond acceptors (Lipinski definition) is 4. The fourth-order valence-electron chi connectivity index (χ4n) is 1.66. The number of aliphatic imine (C=N–C) groups is 1. The van der Waals surface area contributed by atoms with Crippen LogP contribution < -0.4 is 10.1 Å². The van der Waals surface area contributed by atoms with Crippen molar-refractivity contribution in [1.29, 1.82) is 0 Å². The molecule has 0 aliphatic carbocycles. The average molecular weight is 329 g/mol. The van der Waals surface area contributed by atoms with Gasteiger partial charge in [0, 0.05) is 10.2 Å². The van der Waals surface area contributed by atoms with Crippen LogP contribution in [0.4, 0.5) is 5.69 Å². The molecule has 3 nitrogen and oxygen atoms in total. The molecule has 1 aromatic rings. The molecule has 0 fully saturated rings. The lowest BCUT2D eigenvalue weighted by Gasteiger charge is -2.24. The molecule has 1 heterocycles. The van der Waals surface area contributed by atoms with E-state index in [2.05, 4.69) is 40.1 Å². The minimum absolute atomic E-state index is 0.367. The first kappa shape index (κ1) is 13.7. The Bertz CT molecular complexity index is 464. The predicted octanol–water partition coefficient (Wildman–Crippen LogP) is 4.00. The van der Waals surface area contributed by atoms with E-state index in [4.69, 9.17) is 4.74 Å². The normalized spacial score (nSPS) is 23.4. The average Bonchev–Trinajstić information content (AvgIpc) is 2.34. The Balaban J connectivity index is 2.19. The largest absolute Gasteiger partial charge is 0.495 e. The van der Waals surface area contributed by atoms with Crippen molar-refractivity contribution >= 4 is 38.5 Å². The van der Waals surface area contributed by atoms with E-state index in [0.717, 1.165) is 26.8 Å². The molecular weight excluding hydrogens is 312 g/mol. The maximum absolute atomic E-state index is 5.34. The van der Waals surface area contributed by atoms with Gasteiger partial charge in [0.05, 0.1) is 18.8 Å². The highest BCUT2D eigenvalue weighted by molar-refractivity contribution is 9.10. The van der Waals surface area contributed by atoms with E-state index < -0.39 is 0 Å². The van der Waals surface area contributed by atoms with Gasteiger partial charge < -0.3 is 10.1 Å². The number of anilines is 1. The number of ether oxygens (including phenoxy) is 1. The van der Waals surface area contributed by atoms with Crippen LogP contribution in [-0.4, -0.2) is 24.1 Å². The number of benzene rings is 1. The van der Waals surface area contributed by atoms with Crippen LogP contribution in [0.1, 0.15) is 13.8 Å². The second-order valence-corrected chi connectivity index (χ2v) is 6.36. The third-order valence-corrected chi connectivity index (χ3v) is 4.70. The molecule has 2 atom stereocenters. The molecule has 2 rings (SSSR count). The molecule has 1 N–H and O–H groups in total. The van der Waals surface area contributed by atoms with Crippen molar-refractivity contribution in [3.8, 4) is 5.75 Å². The summed E-state index contributed by atoms with van der Waals surface area (Å²) in [6.07, 6.45) is 0. The van der Waals surface area contributed by atoms with Crippen molar-refractivity contribution in [2.24, 2.45) is 10.9 Å². The number of thioether (sulfide) groups is 1. The molecule has 5 heteroatoms. The topological polar surface area (TPSA) is 33.6 Å². The lowest BCUT2D eigenvalue weighted by molar-refractivity contribution is 0.417. The zero-order chi connectivity index (χ0) is 13.1. The van der Waals surface area contributed by atoms with Gasteiger partial charge in [-0.15, -0.1) is 0 Å². The molecule has 0 saturated carbocycles. The summed E-state index contributed by atoms with van der Waals surface area (Å²) in [5.74, 6) is 2.56. The first-order valence-corrected chi connectivity index (χ1v) is 7.69. The summed E-state index contributed by atoms with van der Waals surface area (Å²) in [6.45, 7) is 4.39. The second-order valence-electron chi connectivity index (χ2n) is 4.43. The standard InChI is InChI=1S/C13H17BrN2OS/c1-8-7-18-13(15-9(8)2)16-11-6-10(14)4-5-12(11)17-3/h4-6,8-9H,7H2,1-3H3,(H,15,16). The number of hydrogen-bond donors (Lipinski definition) is 1. The molecule has 1 aromatic carbocycles. The summed E-state index contributed by atoms with van der Waals surface area (Å²) in [6, 6.07) is 6.27. The number of halogens is 1. The Morgan fingerprint density at radius 3 is 2.89 bits per heavy atom.